The lowest BCUT2D eigenvalue weighted by molar-refractivity contribution is -0.0420. The van der Waals surface area contributed by atoms with Crippen molar-refractivity contribution in [3.05, 3.63) is 34.4 Å². The highest BCUT2D eigenvalue weighted by molar-refractivity contribution is 5.64. The summed E-state index contributed by atoms with van der Waals surface area (Å²) in [6.45, 7) is 0. The average Bonchev–Trinajstić information content (AvgIpc) is 2.68. The summed E-state index contributed by atoms with van der Waals surface area (Å²) in [5, 5.41) is 20.9. The van der Waals surface area contributed by atoms with E-state index in [9.17, 15) is 10.2 Å². The van der Waals surface area contributed by atoms with Gasteiger partial charge in [0.25, 0.3) is 0 Å². The number of hydrogen-bond acceptors (Lipinski definition) is 7. The molecule has 4 rings (SSSR count). The van der Waals surface area contributed by atoms with Crippen LogP contribution in [0.5, 0.6) is 34.5 Å². The highest BCUT2D eigenvalue weighted by Crippen LogP contribution is 2.56. The summed E-state index contributed by atoms with van der Waals surface area (Å²) in [4.78, 5) is 0. The molecule has 2 N–H and O–H groups in total. The summed E-state index contributed by atoms with van der Waals surface area (Å²) in [7, 11) is 6.04. The van der Waals surface area contributed by atoms with Crippen molar-refractivity contribution in [1.29, 1.82) is 0 Å². The SMILES string of the molecule is COc1cc2c(c(OC)c1O)[C@H]1Cc3cc(OC)c(O)c(OC)c3[C@@H](C2)O1. The van der Waals surface area contributed by atoms with Crippen molar-refractivity contribution in [2.75, 3.05) is 28.4 Å². The van der Waals surface area contributed by atoms with Gasteiger partial charge in [0.1, 0.15) is 0 Å². The largest absolute Gasteiger partial charge is 0.502 e. The number of hydrogen-bond donors (Lipinski definition) is 2. The molecular formula is C20H22O7. The summed E-state index contributed by atoms with van der Waals surface area (Å²) in [6.07, 6.45) is 0.482. The van der Waals surface area contributed by atoms with Gasteiger partial charge in [-0.15, -0.1) is 0 Å². The fourth-order valence-electron chi connectivity index (χ4n) is 4.18. The first-order valence-electron chi connectivity index (χ1n) is 8.62. The quantitative estimate of drug-likeness (QED) is 0.851. The second kappa shape index (κ2) is 6.42. The van der Waals surface area contributed by atoms with E-state index in [0.29, 0.717) is 35.8 Å². The number of rotatable bonds is 4. The van der Waals surface area contributed by atoms with Crippen molar-refractivity contribution in [3.63, 3.8) is 0 Å². The Labute approximate surface area is 157 Å². The zero-order chi connectivity index (χ0) is 19.3. The summed E-state index contributed by atoms with van der Waals surface area (Å²) >= 11 is 0. The Kier molecular flexibility index (Phi) is 4.19. The molecule has 27 heavy (non-hydrogen) atoms. The molecule has 2 atom stereocenters. The molecule has 2 heterocycles. The van der Waals surface area contributed by atoms with Crippen molar-refractivity contribution < 1.29 is 33.9 Å². The van der Waals surface area contributed by atoms with E-state index in [0.717, 1.165) is 22.3 Å². The number of ether oxygens (including phenoxy) is 5. The van der Waals surface area contributed by atoms with Crippen LogP contribution in [0.15, 0.2) is 12.1 Å². The highest BCUT2D eigenvalue weighted by atomic mass is 16.5. The first kappa shape index (κ1) is 17.6. The van der Waals surface area contributed by atoms with Crippen LogP contribution in [0.1, 0.15) is 34.5 Å². The maximum Gasteiger partial charge on any atom is 0.201 e. The number of phenolic OH excluding ortho intramolecular Hbond substituents is 2. The minimum Gasteiger partial charge on any atom is -0.502 e. The van der Waals surface area contributed by atoms with Crippen molar-refractivity contribution in [3.8, 4) is 34.5 Å². The Morgan fingerprint density at radius 2 is 1.15 bits per heavy atom. The third kappa shape index (κ3) is 2.45. The molecule has 2 aromatic carbocycles. The van der Waals surface area contributed by atoms with Crippen molar-refractivity contribution >= 4 is 0 Å². The monoisotopic (exact) mass is 374 g/mol. The molecule has 2 aliphatic heterocycles. The van der Waals surface area contributed by atoms with Crippen LogP contribution >= 0.6 is 0 Å². The van der Waals surface area contributed by atoms with Crippen LogP contribution in [-0.4, -0.2) is 38.7 Å². The highest BCUT2D eigenvalue weighted by Gasteiger charge is 2.41. The predicted molar refractivity (Wildman–Crippen MR) is 96.4 cm³/mol. The van der Waals surface area contributed by atoms with Gasteiger partial charge < -0.3 is 33.9 Å². The van der Waals surface area contributed by atoms with Gasteiger partial charge in [-0.2, -0.15) is 0 Å². The lowest BCUT2D eigenvalue weighted by Crippen LogP contribution is -2.28. The zero-order valence-electron chi connectivity index (χ0n) is 15.7. The zero-order valence-corrected chi connectivity index (χ0v) is 15.7. The van der Waals surface area contributed by atoms with Crippen LogP contribution in [0.2, 0.25) is 0 Å². The Balaban J connectivity index is 1.90. The van der Waals surface area contributed by atoms with E-state index < -0.39 is 0 Å². The molecular weight excluding hydrogens is 352 g/mol. The third-order valence-corrected chi connectivity index (χ3v) is 5.32. The number of methoxy groups -OCH3 is 4. The molecule has 2 aliphatic rings. The van der Waals surface area contributed by atoms with E-state index in [1.807, 2.05) is 12.1 Å². The van der Waals surface area contributed by atoms with Gasteiger partial charge in [0.15, 0.2) is 23.0 Å². The van der Waals surface area contributed by atoms with Crippen LogP contribution in [-0.2, 0) is 17.6 Å². The molecule has 0 aromatic heterocycles. The van der Waals surface area contributed by atoms with Crippen molar-refractivity contribution in [2.24, 2.45) is 0 Å². The summed E-state index contributed by atoms with van der Waals surface area (Å²) in [6, 6.07) is 3.63. The molecule has 144 valence electrons. The molecule has 0 amide bonds. The normalized spacial score (nSPS) is 19.7. The molecule has 0 saturated heterocycles. The minimum atomic E-state index is -0.294. The average molecular weight is 374 g/mol. The van der Waals surface area contributed by atoms with E-state index in [2.05, 4.69) is 0 Å². The van der Waals surface area contributed by atoms with Gasteiger partial charge in [-0.1, -0.05) is 0 Å². The summed E-state index contributed by atoms with van der Waals surface area (Å²) in [5.74, 6) is 1.38. The predicted octanol–water partition coefficient (Wildman–Crippen LogP) is 3.04. The van der Waals surface area contributed by atoms with Gasteiger partial charge in [-0.05, 0) is 23.3 Å². The van der Waals surface area contributed by atoms with E-state index >= 15 is 0 Å². The molecule has 0 saturated carbocycles. The third-order valence-electron chi connectivity index (χ3n) is 5.32. The lowest BCUT2D eigenvalue weighted by Gasteiger charge is -2.39. The van der Waals surface area contributed by atoms with E-state index in [4.69, 9.17) is 23.7 Å². The molecule has 0 fully saturated rings. The number of phenols is 2. The minimum absolute atomic E-state index is 0.0348. The molecule has 7 nitrogen and oxygen atoms in total. The number of aromatic hydroxyl groups is 2. The molecule has 0 spiro atoms. The van der Waals surface area contributed by atoms with Gasteiger partial charge in [-0.25, -0.2) is 0 Å². The Morgan fingerprint density at radius 3 is 1.48 bits per heavy atom. The van der Waals surface area contributed by atoms with Crippen LogP contribution < -0.4 is 18.9 Å². The molecule has 0 unspecified atom stereocenters. The summed E-state index contributed by atoms with van der Waals surface area (Å²) < 4.78 is 27.8. The molecule has 0 aliphatic carbocycles. The van der Waals surface area contributed by atoms with E-state index in [-0.39, 0.29) is 23.7 Å². The molecule has 0 radical (unpaired) electrons. The molecule has 2 bridgehead atoms. The van der Waals surface area contributed by atoms with Crippen LogP contribution in [0.3, 0.4) is 0 Å². The fraction of sp³-hybridized carbons (Fsp3) is 0.400. The Bertz CT molecular complexity index is 833. The molecule has 7 heteroatoms. The second-order valence-corrected chi connectivity index (χ2v) is 6.59. The van der Waals surface area contributed by atoms with Gasteiger partial charge in [0.05, 0.1) is 40.6 Å². The van der Waals surface area contributed by atoms with Crippen LogP contribution in [0.25, 0.3) is 0 Å². The maximum atomic E-state index is 10.5. The topological polar surface area (TPSA) is 86.6 Å². The van der Waals surface area contributed by atoms with E-state index in [1.54, 1.807) is 0 Å². The van der Waals surface area contributed by atoms with Gasteiger partial charge in [0, 0.05) is 24.0 Å². The fourth-order valence-corrected chi connectivity index (χ4v) is 4.18. The van der Waals surface area contributed by atoms with Crippen LogP contribution in [0, 0.1) is 0 Å². The van der Waals surface area contributed by atoms with Crippen LogP contribution in [0.4, 0.5) is 0 Å². The first-order chi connectivity index (χ1) is 13.0. The van der Waals surface area contributed by atoms with Crippen molar-refractivity contribution in [2.45, 2.75) is 25.0 Å². The molecule has 2 aromatic rings. The lowest BCUT2D eigenvalue weighted by atomic mass is 9.81. The Morgan fingerprint density at radius 1 is 0.741 bits per heavy atom. The maximum absolute atomic E-state index is 10.5. The summed E-state index contributed by atoms with van der Waals surface area (Å²) in [5.41, 5.74) is 3.60. The standard InChI is InChI=1S/C20H22O7/c1-23-13-7-9-5-11-16-10(8-14(24-2)18(22)20(16)26-4)6-12(27-11)15(9)19(25-3)17(13)21/h7-8,11-12,21-22H,5-6H2,1-4H3/t11-,12-/m1/s1. The van der Waals surface area contributed by atoms with Gasteiger partial charge in [-0.3, -0.25) is 0 Å². The smallest absolute Gasteiger partial charge is 0.201 e. The van der Waals surface area contributed by atoms with Gasteiger partial charge in [0.2, 0.25) is 11.5 Å². The van der Waals surface area contributed by atoms with E-state index in [1.165, 1.54) is 28.4 Å². The number of fused-ring (bicyclic) bond motifs is 6. The van der Waals surface area contributed by atoms with Gasteiger partial charge >= 0.3 is 0 Å². The first-order valence-corrected chi connectivity index (χ1v) is 8.62. The van der Waals surface area contributed by atoms with Crippen molar-refractivity contribution in [1.82, 2.24) is 0 Å². The number of benzene rings is 2. The second-order valence-electron chi connectivity index (χ2n) is 6.59. The Hall–Kier alpha value is -2.80.